The van der Waals surface area contributed by atoms with E-state index in [4.69, 9.17) is 0 Å². The van der Waals surface area contributed by atoms with Crippen LogP contribution in [-0.2, 0) is 9.59 Å². The van der Waals surface area contributed by atoms with Crippen molar-refractivity contribution in [2.75, 3.05) is 31.5 Å². The molecule has 1 aromatic rings. The molecule has 2 fully saturated rings. The van der Waals surface area contributed by atoms with Crippen molar-refractivity contribution in [1.29, 1.82) is 0 Å². The van der Waals surface area contributed by atoms with Crippen LogP contribution >= 0.6 is 0 Å². The number of hydrogen-bond acceptors (Lipinski definition) is 3. The summed E-state index contributed by atoms with van der Waals surface area (Å²) in [6, 6.07) is 7.09. The maximum absolute atomic E-state index is 12.8. The van der Waals surface area contributed by atoms with Crippen LogP contribution in [-0.4, -0.2) is 53.7 Å². The fraction of sp³-hybridized carbons (Fsp3) is 0.609. The number of carbonyl (C=O) groups is 3. The van der Waals surface area contributed by atoms with Crippen molar-refractivity contribution in [3.63, 3.8) is 0 Å². The van der Waals surface area contributed by atoms with Gasteiger partial charge in [-0.25, -0.2) is 0 Å². The van der Waals surface area contributed by atoms with Crippen molar-refractivity contribution in [2.45, 2.75) is 46.5 Å². The lowest BCUT2D eigenvalue weighted by atomic mass is 9.91. The average Bonchev–Trinajstić information content (AvgIpc) is 3.06. The van der Waals surface area contributed by atoms with Gasteiger partial charge in [-0.1, -0.05) is 27.2 Å². The third-order valence-corrected chi connectivity index (χ3v) is 5.92. The first-order valence-corrected chi connectivity index (χ1v) is 10.8. The van der Waals surface area contributed by atoms with Crippen LogP contribution in [0.5, 0.6) is 0 Å². The van der Waals surface area contributed by atoms with Gasteiger partial charge in [-0.05, 0) is 48.9 Å². The Morgan fingerprint density at radius 3 is 2.34 bits per heavy atom. The van der Waals surface area contributed by atoms with Gasteiger partial charge in [0.15, 0.2) is 0 Å². The van der Waals surface area contributed by atoms with Gasteiger partial charge in [0.05, 0.1) is 5.92 Å². The fourth-order valence-corrected chi connectivity index (χ4v) is 4.46. The second-order valence-corrected chi connectivity index (χ2v) is 8.82. The summed E-state index contributed by atoms with van der Waals surface area (Å²) in [7, 11) is 0. The maximum Gasteiger partial charge on any atom is 0.253 e. The fourth-order valence-electron chi connectivity index (χ4n) is 4.46. The van der Waals surface area contributed by atoms with Crippen molar-refractivity contribution >= 4 is 23.4 Å². The van der Waals surface area contributed by atoms with Crippen molar-refractivity contribution in [1.82, 2.24) is 9.80 Å². The van der Waals surface area contributed by atoms with Crippen LogP contribution in [0.4, 0.5) is 5.69 Å². The summed E-state index contributed by atoms with van der Waals surface area (Å²) in [4.78, 5) is 41.1. The molecule has 1 N–H and O–H groups in total. The smallest absolute Gasteiger partial charge is 0.253 e. The van der Waals surface area contributed by atoms with Crippen LogP contribution in [0.25, 0.3) is 0 Å². The Hall–Kier alpha value is -2.37. The van der Waals surface area contributed by atoms with Gasteiger partial charge in [0, 0.05) is 43.9 Å². The molecule has 2 aliphatic rings. The van der Waals surface area contributed by atoms with Crippen LogP contribution in [0.15, 0.2) is 24.3 Å². The summed E-state index contributed by atoms with van der Waals surface area (Å²) in [5.41, 5.74) is 1.30. The van der Waals surface area contributed by atoms with E-state index in [0.717, 1.165) is 38.9 Å². The van der Waals surface area contributed by atoms with Crippen molar-refractivity contribution < 1.29 is 14.4 Å². The number of benzene rings is 1. The lowest BCUT2D eigenvalue weighted by Gasteiger charge is -2.35. The summed E-state index contributed by atoms with van der Waals surface area (Å²) in [5, 5.41) is 2.90. The van der Waals surface area contributed by atoms with E-state index in [9.17, 15) is 14.4 Å². The Morgan fingerprint density at radius 1 is 1.07 bits per heavy atom. The number of hydrogen-bond donors (Lipinski definition) is 1. The molecule has 2 heterocycles. The quantitative estimate of drug-likeness (QED) is 0.797. The topological polar surface area (TPSA) is 69.7 Å². The molecular weight excluding hydrogens is 366 g/mol. The zero-order valence-corrected chi connectivity index (χ0v) is 17.8. The molecule has 6 heteroatoms. The maximum atomic E-state index is 12.8. The number of unbranched alkanes of at least 4 members (excludes halogenated alkanes) is 1. The summed E-state index contributed by atoms with van der Waals surface area (Å²) in [6.45, 7) is 9.27. The molecule has 0 spiro atoms. The standard InChI is InChI=1S/C23H33N3O3/c1-4-5-10-25-15-19(12-21(25)27)22(28)24-20-8-6-18(7-9-20)23(29)26-13-16(2)11-17(3)14-26/h6-9,16-17,19H,4-5,10-15H2,1-3H3,(H,24,28). The largest absolute Gasteiger partial charge is 0.342 e. The van der Waals surface area contributed by atoms with Crippen molar-refractivity contribution in [3.05, 3.63) is 29.8 Å². The first-order valence-electron chi connectivity index (χ1n) is 10.8. The molecule has 0 aromatic heterocycles. The van der Waals surface area contributed by atoms with E-state index in [1.54, 1.807) is 29.2 Å². The van der Waals surface area contributed by atoms with E-state index >= 15 is 0 Å². The van der Waals surface area contributed by atoms with Gasteiger partial charge in [0.25, 0.3) is 5.91 Å². The van der Waals surface area contributed by atoms with Gasteiger partial charge in [-0.2, -0.15) is 0 Å². The van der Waals surface area contributed by atoms with E-state index in [-0.39, 0.29) is 30.1 Å². The van der Waals surface area contributed by atoms with Crippen molar-refractivity contribution in [2.24, 2.45) is 17.8 Å². The van der Waals surface area contributed by atoms with Crippen LogP contribution in [0, 0.1) is 17.8 Å². The van der Waals surface area contributed by atoms with E-state index in [1.807, 2.05) is 4.90 Å². The minimum atomic E-state index is -0.308. The molecule has 3 amide bonds. The molecule has 3 unspecified atom stereocenters. The Kier molecular flexibility index (Phi) is 6.93. The van der Waals surface area contributed by atoms with E-state index < -0.39 is 0 Å². The predicted molar refractivity (Wildman–Crippen MR) is 114 cm³/mol. The molecule has 3 atom stereocenters. The Morgan fingerprint density at radius 2 is 1.72 bits per heavy atom. The number of rotatable bonds is 6. The normalized spacial score (nSPS) is 24.7. The number of anilines is 1. The van der Waals surface area contributed by atoms with E-state index in [0.29, 0.717) is 29.6 Å². The number of nitrogens with one attached hydrogen (secondary N) is 1. The Labute approximate surface area is 173 Å². The molecule has 2 aliphatic heterocycles. The highest BCUT2D eigenvalue weighted by atomic mass is 16.2. The Bertz CT molecular complexity index is 736. The molecule has 0 saturated carbocycles. The average molecular weight is 400 g/mol. The van der Waals surface area contributed by atoms with Gasteiger partial charge in [0.1, 0.15) is 0 Å². The highest BCUT2D eigenvalue weighted by molar-refractivity contribution is 5.98. The van der Waals surface area contributed by atoms with Gasteiger partial charge >= 0.3 is 0 Å². The van der Waals surface area contributed by atoms with Crippen LogP contribution in [0.1, 0.15) is 56.8 Å². The molecule has 6 nitrogen and oxygen atoms in total. The summed E-state index contributed by atoms with van der Waals surface area (Å²) >= 11 is 0. The minimum Gasteiger partial charge on any atom is -0.342 e. The number of likely N-dealkylation sites (tertiary alicyclic amines) is 2. The van der Waals surface area contributed by atoms with Gasteiger partial charge in [0.2, 0.25) is 11.8 Å². The molecule has 1 aromatic carbocycles. The van der Waals surface area contributed by atoms with E-state index in [1.165, 1.54) is 0 Å². The molecule has 0 radical (unpaired) electrons. The molecule has 29 heavy (non-hydrogen) atoms. The van der Waals surface area contributed by atoms with Gasteiger partial charge in [-0.15, -0.1) is 0 Å². The number of piperidine rings is 1. The number of carbonyl (C=O) groups excluding carboxylic acids is 3. The molecule has 0 aliphatic carbocycles. The van der Waals surface area contributed by atoms with Crippen LogP contribution in [0.2, 0.25) is 0 Å². The molecule has 2 saturated heterocycles. The molecular formula is C23H33N3O3. The number of amides is 3. The van der Waals surface area contributed by atoms with Crippen molar-refractivity contribution in [3.8, 4) is 0 Å². The monoisotopic (exact) mass is 399 g/mol. The molecule has 3 rings (SSSR count). The SMILES string of the molecule is CCCCN1CC(C(=O)Nc2ccc(C(=O)N3CC(C)CC(C)C3)cc2)CC1=O. The lowest BCUT2D eigenvalue weighted by Crippen LogP contribution is -2.42. The first kappa shape index (κ1) is 21.3. The Balaban J connectivity index is 1.56. The second-order valence-electron chi connectivity index (χ2n) is 8.82. The third-order valence-electron chi connectivity index (χ3n) is 5.92. The van der Waals surface area contributed by atoms with Crippen LogP contribution in [0.3, 0.4) is 0 Å². The lowest BCUT2D eigenvalue weighted by molar-refractivity contribution is -0.128. The van der Waals surface area contributed by atoms with Gasteiger partial charge < -0.3 is 15.1 Å². The molecule has 158 valence electrons. The van der Waals surface area contributed by atoms with Gasteiger partial charge in [-0.3, -0.25) is 14.4 Å². The summed E-state index contributed by atoms with van der Waals surface area (Å²) in [6.07, 6.45) is 3.43. The second kappa shape index (κ2) is 9.42. The van der Waals surface area contributed by atoms with Crippen LogP contribution < -0.4 is 5.32 Å². The minimum absolute atomic E-state index is 0.0502. The third kappa shape index (κ3) is 5.37. The zero-order chi connectivity index (χ0) is 21.0. The zero-order valence-electron chi connectivity index (χ0n) is 17.8. The summed E-state index contributed by atoms with van der Waals surface area (Å²) in [5.74, 6) is 0.713. The summed E-state index contributed by atoms with van der Waals surface area (Å²) < 4.78 is 0. The predicted octanol–water partition coefficient (Wildman–Crippen LogP) is 3.39. The first-order chi connectivity index (χ1) is 13.9. The number of nitrogens with zero attached hydrogens (tertiary/aromatic N) is 2. The highest BCUT2D eigenvalue weighted by Gasteiger charge is 2.34. The molecule has 0 bridgehead atoms. The highest BCUT2D eigenvalue weighted by Crippen LogP contribution is 2.24. The van der Waals surface area contributed by atoms with E-state index in [2.05, 4.69) is 26.1 Å².